The molecule has 0 aliphatic rings. The molecule has 0 aromatic heterocycles. The zero-order valence-electron chi connectivity index (χ0n) is 15.9. The third-order valence-electron chi connectivity index (χ3n) is 4.05. The Balaban J connectivity index is 3.98. The highest BCUT2D eigenvalue weighted by molar-refractivity contribution is 4.70. The predicted octanol–water partition coefficient (Wildman–Crippen LogP) is 5.03. The summed E-state index contributed by atoms with van der Waals surface area (Å²) >= 11 is 0. The van der Waals surface area contributed by atoms with Gasteiger partial charge in [-0.2, -0.15) is 0 Å². The smallest absolute Gasteiger partial charge is 0.308 e. The maximum Gasteiger partial charge on any atom is 0.308 e. The predicted molar refractivity (Wildman–Crippen MR) is 95.5 cm³/mol. The molecule has 1 unspecified atom stereocenters. The first-order valence-electron chi connectivity index (χ1n) is 9.76. The monoisotopic (exact) mass is 332 g/mol. The maximum atomic E-state index is 10.6. The van der Waals surface area contributed by atoms with Crippen molar-refractivity contribution >= 4 is 0 Å². The fourth-order valence-electron chi connectivity index (χ4n) is 2.85. The summed E-state index contributed by atoms with van der Waals surface area (Å²) in [5.41, 5.74) is 0. The summed E-state index contributed by atoms with van der Waals surface area (Å²) in [7, 11) is 0. The summed E-state index contributed by atoms with van der Waals surface area (Å²) in [4.78, 5) is 0. The van der Waals surface area contributed by atoms with Crippen molar-refractivity contribution < 1.29 is 19.3 Å². The molecular formula is C19H40O4. The van der Waals surface area contributed by atoms with Gasteiger partial charge in [0.1, 0.15) is 6.10 Å². The second kappa shape index (κ2) is 15.4. The van der Waals surface area contributed by atoms with Gasteiger partial charge in [0.25, 0.3) is 0 Å². The molecule has 4 heteroatoms. The molecule has 0 aromatic carbocycles. The molecule has 1 atom stereocenters. The van der Waals surface area contributed by atoms with Crippen molar-refractivity contribution in [3.63, 3.8) is 0 Å². The van der Waals surface area contributed by atoms with Gasteiger partial charge in [-0.1, -0.05) is 64.7 Å². The van der Waals surface area contributed by atoms with Gasteiger partial charge in [0.05, 0.1) is 0 Å². The lowest BCUT2D eigenvalue weighted by Crippen LogP contribution is -2.49. The third kappa shape index (κ3) is 11.1. The minimum Gasteiger partial charge on any atom is -0.370 e. The van der Waals surface area contributed by atoms with Crippen LogP contribution in [0, 0.1) is 0 Å². The summed E-state index contributed by atoms with van der Waals surface area (Å²) in [6.45, 7) is 9.24. The summed E-state index contributed by atoms with van der Waals surface area (Å²) in [6.07, 6.45) is 11.9. The van der Waals surface area contributed by atoms with Gasteiger partial charge in [-0.3, -0.25) is 0 Å². The lowest BCUT2D eigenvalue weighted by molar-refractivity contribution is -0.398. The Morgan fingerprint density at radius 3 is 1.61 bits per heavy atom. The summed E-state index contributed by atoms with van der Waals surface area (Å²) in [5, 5.41) is 10.6. The summed E-state index contributed by atoms with van der Waals surface area (Å²) in [6, 6.07) is 0. The Morgan fingerprint density at radius 2 is 1.17 bits per heavy atom. The maximum absolute atomic E-state index is 10.6. The number of hydrogen-bond donors (Lipinski definition) is 1. The van der Waals surface area contributed by atoms with E-state index in [0.29, 0.717) is 19.8 Å². The van der Waals surface area contributed by atoms with E-state index < -0.39 is 12.1 Å². The molecule has 140 valence electrons. The molecule has 0 heterocycles. The minimum atomic E-state index is -1.61. The van der Waals surface area contributed by atoms with Crippen molar-refractivity contribution in [1.82, 2.24) is 0 Å². The lowest BCUT2D eigenvalue weighted by atomic mass is 10.0. The van der Waals surface area contributed by atoms with E-state index in [1.807, 2.05) is 20.8 Å². The van der Waals surface area contributed by atoms with Crippen LogP contribution in [0.25, 0.3) is 0 Å². The average molecular weight is 333 g/mol. The van der Waals surface area contributed by atoms with Gasteiger partial charge in [-0.15, -0.1) is 0 Å². The van der Waals surface area contributed by atoms with Crippen LogP contribution in [0.3, 0.4) is 0 Å². The molecule has 0 bridgehead atoms. The second-order valence-electron chi connectivity index (χ2n) is 6.06. The summed E-state index contributed by atoms with van der Waals surface area (Å²) < 4.78 is 16.5. The second-order valence-corrected chi connectivity index (χ2v) is 6.06. The first-order valence-corrected chi connectivity index (χ1v) is 9.76. The normalized spacial score (nSPS) is 13.4. The number of hydrogen-bond acceptors (Lipinski definition) is 4. The van der Waals surface area contributed by atoms with Gasteiger partial charge < -0.3 is 19.3 Å². The van der Waals surface area contributed by atoms with Crippen LogP contribution in [0.5, 0.6) is 0 Å². The minimum absolute atomic E-state index is 0.401. The zero-order chi connectivity index (χ0) is 17.4. The molecular weight excluding hydrogens is 292 g/mol. The van der Waals surface area contributed by atoms with Crippen LogP contribution in [0.1, 0.15) is 91.9 Å². The number of aliphatic hydroxyl groups is 1. The van der Waals surface area contributed by atoms with Crippen LogP contribution in [-0.4, -0.2) is 37.0 Å². The van der Waals surface area contributed by atoms with Crippen LogP contribution in [-0.2, 0) is 14.2 Å². The average Bonchev–Trinajstić information content (AvgIpc) is 2.52. The number of unbranched alkanes of at least 4 members (excludes halogenated alkanes) is 8. The SMILES string of the molecule is CCCCCCCCCCCC(OCC)C(O)(OCC)OCC. The van der Waals surface area contributed by atoms with E-state index in [0.717, 1.165) is 12.8 Å². The van der Waals surface area contributed by atoms with Crippen LogP contribution in [0.15, 0.2) is 0 Å². The number of ether oxygens (including phenoxy) is 3. The van der Waals surface area contributed by atoms with Gasteiger partial charge in [0, 0.05) is 19.8 Å². The van der Waals surface area contributed by atoms with Crippen molar-refractivity contribution in [2.75, 3.05) is 19.8 Å². The number of rotatable bonds is 17. The fraction of sp³-hybridized carbons (Fsp3) is 1.00. The van der Waals surface area contributed by atoms with E-state index in [9.17, 15) is 5.11 Å². The quantitative estimate of drug-likeness (QED) is 0.300. The van der Waals surface area contributed by atoms with Crippen LogP contribution >= 0.6 is 0 Å². The van der Waals surface area contributed by atoms with Gasteiger partial charge in [-0.05, 0) is 27.2 Å². The van der Waals surface area contributed by atoms with Crippen molar-refractivity contribution in [3.05, 3.63) is 0 Å². The van der Waals surface area contributed by atoms with Crippen molar-refractivity contribution in [2.24, 2.45) is 0 Å². The summed E-state index contributed by atoms with van der Waals surface area (Å²) in [5.74, 6) is -1.61. The molecule has 0 radical (unpaired) electrons. The molecule has 0 aromatic rings. The Kier molecular flexibility index (Phi) is 15.3. The molecule has 0 fully saturated rings. The van der Waals surface area contributed by atoms with Crippen LogP contribution in [0.4, 0.5) is 0 Å². The van der Waals surface area contributed by atoms with E-state index in [4.69, 9.17) is 14.2 Å². The molecule has 0 aliphatic heterocycles. The Bertz CT molecular complexity index is 240. The highest BCUT2D eigenvalue weighted by Crippen LogP contribution is 2.23. The molecule has 0 rings (SSSR count). The van der Waals surface area contributed by atoms with Gasteiger partial charge in [0.15, 0.2) is 0 Å². The van der Waals surface area contributed by atoms with E-state index >= 15 is 0 Å². The Morgan fingerprint density at radius 1 is 0.696 bits per heavy atom. The molecule has 0 aliphatic carbocycles. The molecule has 23 heavy (non-hydrogen) atoms. The van der Waals surface area contributed by atoms with E-state index in [2.05, 4.69) is 6.92 Å². The topological polar surface area (TPSA) is 47.9 Å². The molecule has 0 spiro atoms. The first-order chi connectivity index (χ1) is 11.1. The van der Waals surface area contributed by atoms with Gasteiger partial charge >= 0.3 is 5.97 Å². The largest absolute Gasteiger partial charge is 0.370 e. The van der Waals surface area contributed by atoms with E-state index in [-0.39, 0.29) is 0 Å². The molecule has 1 N–H and O–H groups in total. The van der Waals surface area contributed by atoms with Crippen LogP contribution in [0.2, 0.25) is 0 Å². The molecule has 0 amide bonds. The molecule has 0 saturated heterocycles. The van der Waals surface area contributed by atoms with Crippen molar-refractivity contribution in [1.29, 1.82) is 0 Å². The zero-order valence-corrected chi connectivity index (χ0v) is 15.9. The van der Waals surface area contributed by atoms with Gasteiger partial charge in [-0.25, -0.2) is 0 Å². The van der Waals surface area contributed by atoms with E-state index in [1.165, 1.54) is 51.4 Å². The Hall–Kier alpha value is -0.160. The standard InChI is InChI=1S/C19H40O4/c1-5-9-10-11-12-13-14-15-16-17-18(21-6-2)19(20,22-7-3)23-8-4/h18,20H,5-17H2,1-4H3. The Labute approximate surface area is 143 Å². The van der Waals surface area contributed by atoms with Crippen molar-refractivity contribution in [2.45, 2.75) is 104 Å². The highest BCUT2D eigenvalue weighted by Gasteiger charge is 2.39. The van der Waals surface area contributed by atoms with Gasteiger partial charge in [0.2, 0.25) is 0 Å². The van der Waals surface area contributed by atoms with Crippen LogP contribution < -0.4 is 0 Å². The highest BCUT2D eigenvalue weighted by atomic mass is 16.8. The third-order valence-corrected chi connectivity index (χ3v) is 4.05. The first kappa shape index (κ1) is 22.8. The fourth-order valence-corrected chi connectivity index (χ4v) is 2.85. The van der Waals surface area contributed by atoms with Crippen molar-refractivity contribution in [3.8, 4) is 0 Å². The molecule has 4 nitrogen and oxygen atoms in total. The molecule has 0 saturated carbocycles. The van der Waals surface area contributed by atoms with E-state index in [1.54, 1.807) is 0 Å². The lowest BCUT2D eigenvalue weighted by Gasteiger charge is -2.34.